The van der Waals surface area contributed by atoms with Crippen molar-refractivity contribution in [2.75, 3.05) is 10.2 Å². The fourth-order valence-electron chi connectivity index (χ4n) is 2.99. The van der Waals surface area contributed by atoms with Crippen LogP contribution in [0.3, 0.4) is 0 Å². The molecule has 0 aromatic heterocycles. The van der Waals surface area contributed by atoms with E-state index in [2.05, 4.69) is 5.32 Å². The SMILES string of the molecule is Cc1ccc(NC2CC(=O)N(c3ccc(CC(=O)O)cc3)C2=O)cc1C. The second-order valence-corrected chi connectivity index (χ2v) is 6.50. The van der Waals surface area contributed by atoms with E-state index in [1.807, 2.05) is 32.0 Å². The van der Waals surface area contributed by atoms with Crippen LogP contribution in [-0.2, 0) is 20.8 Å². The number of nitrogens with zero attached hydrogens (tertiary/aromatic N) is 1. The number of carboxylic acids is 1. The van der Waals surface area contributed by atoms with Gasteiger partial charge in [0.15, 0.2) is 0 Å². The van der Waals surface area contributed by atoms with Gasteiger partial charge in [0, 0.05) is 5.69 Å². The second kappa shape index (κ2) is 7.00. The molecule has 1 heterocycles. The predicted octanol–water partition coefficient (Wildman–Crippen LogP) is 2.67. The molecule has 6 nitrogen and oxygen atoms in total. The maximum atomic E-state index is 12.7. The molecule has 26 heavy (non-hydrogen) atoms. The van der Waals surface area contributed by atoms with Crippen molar-refractivity contribution >= 4 is 29.2 Å². The van der Waals surface area contributed by atoms with Gasteiger partial charge in [0.2, 0.25) is 5.91 Å². The van der Waals surface area contributed by atoms with Gasteiger partial charge < -0.3 is 10.4 Å². The number of rotatable bonds is 5. The molecule has 1 aliphatic heterocycles. The molecule has 0 spiro atoms. The maximum absolute atomic E-state index is 12.7. The summed E-state index contributed by atoms with van der Waals surface area (Å²) in [5.74, 6) is -1.51. The molecule has 3 rings (SSSR count). The summed E-state index contributed by atoms with van der Waals surface area (Å²) in [7, 11) is 0. The third-order valence-corrected chi connectivity index (χ3v) is 4.54. The van der Waals surface area contributed by atoms with Crippen LogP contribution < -0.4 is 10.2 Å². The van der Waals surface area contributed by atoms with Crippen molar-refractivity contribution in [2.45, 2.75) is 32.7 Å². The van der Waals surface area contributed by atoms with Crippen molar-refractivity contribution < 1.29 is 19.5 Å². The van der Waals surface area contributed by atoms with E-state index < -0.39 is 12.0 Å². The first kappa shape index (κ1) is 17.7. The Hall–Kier alpha value is -3.15. The number of anilines is 2. The molecule has 0 aliphatic carbocycles. The van der Waals surface area contributed by atoms with Gasteiger partial charge in [-0.15, -0.1) is 0 Å². The molecular formula is C20H20N2O4. The standard InChI is InChI=1S/C20H20N2O4/c1-12-3-6-15(9-13(12)2)21-17-11-18(23)22(20(17)26)16-7-4-14(5-8-16)10-19(24)25/h3-9,17,21H,10-11H2,1-2H3,(H,24,25). The van der Waals surface area contributed by atoms with E-state index in [4.69, 9.17) is 5.11 Å². The number of nitrogens with one attached hydrogen (secondary N) is 1. The minimum Gasteiger partial charge on any atom is -0.481 e. The van der Waals surface area contributed by atoms with Crippen LogP contribution in [0.5, 0.6) is 0 Å². The monoisotopic (exact) mass is 352 g/mol. The van der Waals surface area contributed by atoms with Crippen molar-refractivity contribution in [1.82, 2.24) is 0 Å². The summed E-state index contributed by atoms with van der Waals surface area (Å²) in [5, 5.41) is 12.0. The zero-order valence-electron chi connectivity index (χ0n) is 14.7. The molecule has 0 saturated carbocycles. The van der Waals surface area contributed by atoms with Crippen LogP contribution in [0.4, 0.5) is 11.4 Å². The predicted molar refractivity (Wildman–Crippen MR) is 98.2 cm³/mol. The Kier molecular flexibility index (Phi) is 4.75. The van der Waals surface area contributed by atoms with Crippen molar-refractivity contribution in [3.8, 4) is 0 Å². The summed E-state index contributed by atoms with van der Waals surface area (Å²) in [4.78, 5) is 36.9. The van der Waals surface area contributed by atoms with Gasteiger partial charge in [-0.1, -0.05) is 18.2 Å². The number of hydrogen-bond acceptors (Lipinski definition) is 4. The molecule has 1 saturated heterocycles. The van der Waals surface area contributed by atoms with Gasteiger partial charge in [0.25, 0.3) is 5.91 Å². The molecule has 134 valence electrons. The van der Waals surface area contributed by atoms with Crippen molar-refractivity contribution in [2.24, 2.45) is 0 Å². The topological polar surface area (TPSA) is 86.7 Å². The van der Waals surface area contributed by atoms with Gasteiger partial charge in [0.05, 0.1) is 18.5 Å². The molecule has 1 unspecified atom stereocenters. The van der Waals surface area contributed by atoms with E-state index in [0.29, 0.717) is 11.3 Å². The van der Waals surface area contributed by atoms with Crippen LogP contribution in [0, 0.1) is 13.8 Å². The summed E-state index contributed by atoms with van der Waals surface area (Å²) in [6.07, 6.45) is -0.0121. The fraction of sp³-hybridized carbons (Fsp3) is 0.250. The van der Waals surface area contributed by atoms with E-state index in [0.717, 1.165) is 21.7 Å². The first-order valence-electron chi connectivity index (χ1n) is 8.36. The molecule has 2 aromatic rings. The Morgan fingerprint density at radius 3 is 2.42 bits per heavy atom. The number of aryl methyl sites for hydroxylation is 2. The number of imide groups is 1. The Bertz CT molecular complexity index is 874. The lowest BCUT2D eigenvalue weighted by atomic mass is 10.1. The minimum absolute atomic E-state index is 0.0859. The number of carbonyl (C=O) groups excluding carboxylic acids is 2. The number of aliphatic carboxylic acids is 1. The maximum Gasteiger partial charge on any atom is 0.307 e. The summed E-state index contributed by atoms with van der Waals surface area (Å²) in [6.45, 7) is 4.01. The van der Waals surface area contributed by atoms with Gasteiger partial charge in [-0.05, 0) is 54.8 Å². The van der Waals surface area contributed by atoms with Gasteiger partial charge in [0.1, 0.15) is 6.04 Å². The van der Waals surface area contributed by atoms with Crippen LogP contribution in [0.1, 0.15) is 23.1 Å². The number of amides is 2. The second-order valence-electron chi connectivity index (χ2n) is 6.50. The highest BCUT2D eigenvalue weighted by Crippen LogP contribution is 2.26. The van der Waals surface area contributed by atoms with Crippen LogP contribution in [0.25, 0.3) is 0 Å². The van der Waals surface area contributed by atoms with Crippen LogP contribution in [0.2, 0.25) is 0 Å². The Labute approximate surface area is 151 Å². The summed E-state index contributed by atoms with van der Waals surface area (Å²) in [5.41, 5.74) is 4.15. The lowest BCUT2D eigenvalue weighted by Gasteiger charge is -2.17. The van der Waals surface area contributed by atoms with Gasteiger partial charge in [-0.25, -0.2) is 4.90 Å². The minimum atomic E-state index is -0.927. The third kappa shape index (κ3) is 3.59. The van der Waals surface area contributed by atoms with E-state index in [1.165, 1.54) is 0 Å². The molecule has 1 aliphatic rings. The molecule has 0 radical (unpaired) electrons. The third-order valence-electron chi connectivity index (χ3n) is 4.54. The summed E-state index contributed by atoms with van der Waals surface area (Å²) < 4.78 is 0. The normalized spacial score (nSPS) is 16.8. The van der Waals surface area contributed by atoms with Crippen molar-refractivity contribution in [1.29, 1.82) is 0 Å². The lowest BCUT2D eigenvalue weighted by molar-refractivity contribution is -0.136. The van der Waals surface area contributed by atoms with Gasteiger partial charge >= 0.3 is 5.97 Å². The van der Waals surface area contributed by atoms with E-state index >= 15 is 0 Å². The van der Waals surface area contributed by atoms with Crippen molar-refractivity contribution in [3.05, 3.63) is 59.2 Å². The Morgan fingerprint density at radius 2 is 1.81 bits per heavy atom. The molecule has 1 atom stereocenters. The Morgan fingerprint density at radius 1 is 1.12 bits per heavy atom. The molecule has 6 heteroatoms. The smallest absolute Gasteiger partial charge is 0.307 e. The molecule has 2 aromatic carbocycles. The number of carboxylic acid groups (broad SMARTS) is 1. The quantitative estimate of drug-likeness (QED) is 0.808. The van der Waals surface area contributed by atoms with Crippen LogP contribution in [0.15, 0.2) is 42.5 Å². The highest BCUT2D eigenvalue weighted by Gasteiger charge is 2.39. The van der Waals surface area contributed by atoms with E-state index in [-0.39, 0.29) is 24.7 Å². The largest absolute Gasteiger partial charge is 0.481 e. The average molecular weight is 352 g/mol. The number of hydrogen-bond donors (Lipinski definition) is 2. The highest BCUT2D eigenvalue weighted by molar-refractivity contribution is 6.23. The van der Waals surface area contributed by atoms with Gasteiger partial charge in [-0.3, -0.25) is 14.4 Å². The number of benzene rings is 2. The van der Waals surface area contributed by atoms with Crippen molar-refractivity contribution in [3.63, 3.8) is 0 Å². The van der Waals surface area contributed by atoms with E-state index in [9.17, 15) is 14.4 Å². The summed E-state index contributed by atoms with van der Waals surface area (Å²) >= 11 is 0. The van der Waals surface area contributed by atoms with Gasteiger partial charge in [-0.2, -0.15) is 0 Å². The molecule has 0 bridgehead atoms. The zero-order valence-corrected chi connectivity index (χ0v) is 14.7. The summed E-state index contributed by atoms with van der Waals surface area (Å²) in [6, 6.07) is 11.7. The van der Waals surface area contributed by atoms with E-state index in [1.54, 1.807) is 24.3 Å². The zero-order chi connectivity index (χ0) is 18.8. The Balaban J connectivity index is 1.76. The molecular weight excluding hydrogens is 332 g/mol. The molecule has 2 amide bonds. The first-order chi connectivity index (χ1) is 12.3. The van der Waals surface area contributed by atoms with Crippen LogP contribution >= 0.6 is 0 Å². The van der Waals surface area contributed by atoms with Crippen LogP contribution in [-0.4, -0.2) is 28.9 Å². The average Bonchev–Trinajstić information content (AvgIpc) is 2.85. The lowest BCUT2D eigenvalue weighted by Crippen LogP contribution is -2.34. The first-order valence-corrected chi connectivity index (χ1v) is 8.36. The molecule has 1 fully saturated rings. The number of carbonyl (C=O) groups is 3. The highest BCUT2D eigenvalue weighted by atomic mass is 16.4. The molecule has 2 N–H and O–H groups in total. The fourth-order valence-corrected chi connectivity index (χ4v) is 2.99.